The lowest BCUT2D eigenvalue weighted by Gasteiger charge is -2.31. The van der Waals surface area contributed by atoms with E-state index in [4.69, 9.17) is 0 Å². The van der Waals surface area contributed by atoms with Crippen molar-refractivity contribution in [3.63, 3.8) is 0 Å². The summed E-state index contributed by atoms with van der Waals surface area (Å²) in [5, 5.41) is 0.560. The van der Waals surface area contributed by atoms with Crippen LogP contribution in [0.3, 0.4) is 0 Å². The Hall–Kier alpha value is 1.29. The van der Waals surface area contributed by atoms with Crippen molar-refractivity contribution in [2.75, 3.05) is 39.0 Å². The van der Waals surface area contributed by atoms with Crippen LogP contribution in [0.5, 0.6) is 0 Å². The predicted molar refractivity (Wildman–Crippen MR) is 107 cm³/mol. The normalized spacial score (nSPS) is 15.0. The zero-order valence-corrected chi connectivity index (χ0v) is 17.7. The van der Waals surface area contributed by atoms with Gasteiger partial charge in [0.25, 0.3) is 0 Å². The van der Waals surface area contributed by atoms with Crippen molar-refractivity contribution in [3.8, 4) is 0 Å². The molecule has 0 aliphatic rings. The molecule has 0 rings (SSSR count). The minimum Gasteiger partial charge on any atom is -0.131 e. The molecule has 0 aromatic heterocycles. The highest BCUT2D eigenvalue weighted by Crippen LogP contribution is 2.40. The molecule has 0 nitrogen and oxygen atoms in total. The van der Waals surface area contributed by atoms with E-state index in [9.17, 15) is 0 Å². The smallest absolute Gasteiger partial charge is 0.0147 e. The van der Waals surface area contributed by atoms with E-state index in [1.165, 1.54) is 70.1 Å². The molecule has 122 valence electrons. The second kappa shape index (κ2) is 12.8. The van der Waals surface area contributed by atoms with Gasteiger partial charge in [-0.25, -0.2) is 0 Å². The van der Waals surface area contributed by atoms with Crippen LogP contribution in [0.25, 0.3) is 0 Å². The fourth-order valence-corrected chi connectivity index (χ4v) is 5.13. The van der Waals surface area contributed by atoms with Crippen molar-refractivity contribution >= 4 is 25.1 Å². The highest BCUT2D eigenvalue weighted by Gasteiger charge is 2.23. The maximum atomic E-state index is 3.28. The number of unbranched alkanes of at least 4 members (excludes halogenated alkanes) is 4. The highest BCUT2D eigenvalue weighted by atomic mass is 31.1. The van der Waals surface area contributed by atoms with Crippen LogP contribution < -0.4 is 0 Å². The Morgan fingerprint density at radius 1 is 0.700 bits per heavy atom. The summed E-state index contributed by atoms with van der Waals surface area (Å²) in [4.78, 5) is 0. The third-order valence-electron chi connectivity index (χ3n) is 4.12. The van der Waals surface area contributed by atoms with Crippen LogP contribution in [-0.4, -0.2) is 44.1 Å². The van der Waals surface area contributed by atoms with Crippen LogP contribution in [0, 0.1) is 0 Å². The average molecular weight is 336 g/mol. The molecular formula is C17H39P3. The molecule has 0 aromatic rings. The standard InChI is InChI=1S/C17H39P3/c1-6-7-8-9-10-12-17(18,14-16-20(4)5)13-11-15-19(2)3/h6-16,18H2,1-5H3. The molecule has 0 aliphatic carbocycles. The molecule has 0 N–H and O–H groups in total. The van der Waals surface area contributed by atoms with Crippen LogP contribution >= 0.6 is 25.1 Å². The summed E-state index contributed by atoms with van der Waals surface area (Å²) < 4.78 is 0. The molecule has 2 atom stereocenters. The van der Waals surface area contributed by atoms with Gasteiger partial charge < -0.3 is 0 Å². The second-order valence-corrected chi connectivity index (χ2v) is 13.4. The maximum absolute atomic E-state index is 3.28. The summed E-state index contributed by atoms with van der Waals surface area (Å²) >= 11 is 0. The lowest BCUT2D eigenvalue weighted by Crippen LogP contribution is -2.22. The molecule has 0 bridgehead atoms. The molecule has 0 aromatic carbocycles. The Balaban J connectivity index is 4.08. The summed E-state index contributed by atoms with van der Waals surface area (Å²) in [6.07, 6.45) is 15.8. The first-order chi connectivity index (χ1) is 9.39. The van der Waals surface area contributed by atoms with Gasteiger partial charge in [0.2, 0.25) is 0 Å². The number of rotatable bonds is 13. The van der Waals surface area contributed by atoms with E-state index in [2.05, 4.69) is 42.8 Å². The molecular weight excluding hydrogens is 297 g/mol. The van der Waals surface area contributed by atoms with Crippen LogP contribution in [0.1, 0.15) is 64.7 Å². The van der Waals surface area contributed by atoms with E-state index >= 15 is 0 Å². The molecule has 3 heteroatoms. The molecule has 0 aliphatic heterocycles. The average Bonchev–Trinajstić information content (AvgIpc) is 2.36. The zero-order valence-electron chi connectivity index (χ0n) is 14.7. The third-order valence-corrected chi connectivity index (χ3v) is 7.31. The first-order valence-corrected chi connectivity index (χ1v) is 13.9. The Bertz CT molecular complexity index is 216. The minimum absolute atomic E-state index is 0.274. The number of hydrogen-bond donors (Lipinski definition) is 0. The molecule has 0 heterocycles. The van der Waals surface area contributed by atoms with Crippen molar-refractivity contribution in [2.45, 2.75) is 69.9 Å². The van der Waals surface area contributed by atoms with Gasteiger partial charge in [0.05, 0.1) is 0 Å². The summed E-state index contributed by atoms with van der Waals surface area (Å²) in [6, 6.07) is 0. The highest BCUT2D eigenvalue weighted by molar-refractivity contribution is 7.56. The molecule has 0 fully saturated rings. The van der Waals surface area contributed by atoms with E-state index in [0.717, 1.165) is 0 Å². The summed E-state index contributed by atoms with van der Waals surface area (Å²) in [6.45, 7) is 12.0. The summed E-state index contributed by atoms with van der Waals surface area (Å²) in [5.74, 6) is 0. The van der Waals surface area contributed by atoms with Crippen LogP contribution in [0.15, 0.2) is 0 Å². The largest absolute Gasteiger partial charge is 0.131 e. The van der Waals surface area contributed by atoms with Gasteiger partial charge in [-0.3, -0.25) is 0 Å². The molecule has 0 saturated carbocycles. The van der Waals surface area contributed by atoms with Gasteiger partial charge in [0.1, 0.15) is 0 Å². The van der Waals surface area contributed by atoms with Gasteiger partial charge in [0, 0.05) is 0 Å². The van der Waals surface area contributed by atoms with E-state index in [-0.39, 0.29) is 7.92 Å². The van der Waals surface area contributed by atoms with Gasteiger partial charge in [-0.05, 0) is 69.8 Å². The Morgan fingerprint density at radius 3 is 1.80 bits per heavy atom. The van der Waals surface area contributed by atoms with Crippen molar-refractivity contribution in [1.82, 2.24) is 0 Å². The molecule has 0 radical (unpaired) electrons. The van der Waals surface area contributed by atoms with Gasteiger partial charge in [-0.15, -0.1) is 25.1 Å². The summed E-state index contributed by atoms with van der Waals surface area (Å²) in [5.41, 5.74) is 0. The van der Waals surface area contributed by atoms with E-state index in [0.29, 0.717) is 13.1 Å². The lowest BCUT2D eigenvalue weighted by atomic mass is 9.92. The lowest BCUT2D eigenvalue weighted by molar-refractivity contribution is 0.453. The van der Waals surface area contributed by atoms with Crippen molar-refractivity contribution < 1.29 is 0 Å². The van der Waals surface area contributed by atoms with Gasteiger partial charge in [-0.2, -0.15) is 0 Å². The van der Waals surface area contributed by atoms with Crippen LogP contribution in [-0.2, 0) is 0 Å². The SMILES string of the molecule is CCCCCCCC(P)(CCCP(C)C)CCP(C)C. The Labute approximate surface area is 134 Å². The van der Waals surface area contributed by atoms with Crippen molar-refractivity contribution in [2.24, 2.45) is 0 Å². The van der Waals surface area contributed by atoms with E-state index in [1.807, 2.05) is 0 Å². The van der Waals surface area contributed by atoms with Crippen LogP contribution in [0.2, 0.25) is 0 Å². The minimum atomic E-state index is 0.274. The molecule has 0 spiro atoms. The van der Waals surface area contributed by atoms with Gasteiger partial charge in [0.15, 0.2) is 0 Å². The second-order valence-electron chi connectivity index (χ2n) is 6.99. The predicted octanol–water partition coefficient (Wildman–Crippen LogP) is 6.61. The Kier molecular flexibility index (Phi) is 13.6. The van der Waals surface area contributed by atoms with Crippen molar-refractivity contribution in [3.05, 3.63) is 0 Å². The first-order valence-electron chi connectivity index (χ1n) is 8.48. The van der Waals surface area contributed by atoms with Gasteiger partial charge in [-0.1, -0.05) is 39.0 Å². The summed E-state index contributed by atoms with van der Waals surface area (Å²) in [7, 11) is 3.85. The molecule has 20 heavy (non-hydrogen) atoms. The number of hydrogen-bond acceptors (Lipinski definition) is 0. The van der Waals surface area contributed by atoms with Crippen LogP contribution in [0.4, 0.5) is 0 Å². The Morgan fingerprint density at radius 2 is 1.25 bits per heavy atom. The fourth-order valence-electron chi connectivity index (χ4n) is 2.65. The molecule has 0 saturated heterocycles. The monoisotopic (exact) mass is 336 g/mol. The van der Waals surface area contributed by atoms with Crippen molar-refractivity contribution in [1.29, 1.82) is 0 Å². The van der Waals surface area contributed by atoms with E-state index in [1.54, 1.807) is 0 Å². The molecule has 0 amide bonds. The molecule has 2 unspecified atom stereocenters. The van der Waals surface area contributed by atoms with Gasteiger partial charge >= 0.3 is 0 Å². The first kappa shape index (κ1) is 21.3. The topological polar surface area (TPSA) is 0 Å². The quantitative estimate of drug-likeness (QED) is 0.262. The van der Waals surface area contributed by atoms with E-state index < -0.39 is 0 Å². The maximum Gasteiger partial charge on any atom is -0.0147 e. The fraction of sp³-hybridized carbons (Fsp3) is 1.00. The zero-order chi connectivity index (χ0) is 15.4. The third kappa shape index (κ3) is 13.0.